The van der Waals surface area contributed by atoms with E-state index in [9.17, 15) is 15.3 Å². The number of ether oxygens (including phenoxy) is 2. The first kappa shape index (κ1) is 13.6. The summed E-state index contributed by atoms with van der Waals surface area (Å²) in [6.07, 6.45) is -0.811. The number of phenols is 2. The zero-order valence-electron chi connectivity index (χ0n) is 11.5. The lowest BCUT2D eigenvalue weighted by Gasteiger charge is -2.31. The Bertz CT molecular complexity index is 668. The van der Waals surface area contributed by atoms with Crippen LogP contribution in [0.3, 0.4) is 0 Å². The molecule has 3 rings (SSSR count). The summed E-state index contributed by atoms with van der Waals surface area (Å²) in [5.74, 6) is 0.781. The first-order valence-electron chi connectivity index (χ1n) is 6.61. The van der Waals surface area contributed by atoms with Crippen molar-refractivity contribution in [1.82, 2.24) is 0 Å². The number of fused-ring (bicyclic) bond motifs is 1. The molecule has 0 saturated heterocycles. The van der Waals surface area contributed by atoms with Crippen LogP contribution in [0.5, 0.6) is 23.0 Å². The average Bonchev–Trinajstić information content (AvgIpc) is 2.48. The summed E-state index contributed by atoms with van der Waals surface area (Å²) in [6, 6.07) is 9.56. The zero-order valence-corrected chi connectivity index (χ0v) is 11.5. The maximum atomic E-state index is 10.5. The molecule has 0 aromatic heterocycles. The lowest BCUT2D eigenvalue weighted by molar-refractivity contribution is 0.0875. The summed E-state index contributed by atoms with van der Waals surface area (Å²) in [6.45, 7) is 0.220. The summed E-state index contributed by atoms with van der Waals surface area (Å²) in [4.78, 5) is 0. The molecule has 1 heterocycles. The van der Waals surface area contributed by atoms with Crippen LogP contribution in [0.1, 0.15) is 23.1 Å². The number of hydrogen-bond donors (Lipinski definition) is 3. The number of phenolic OH excluding ortho intramolecular Hbond substituents is 2. The predicted octanol–water partition coefficient (Wildman–Crippen LogP) is 2.32. The van der Waals surface area contributed by atoms with E-state index in [1.165, 1.54) is 25.3 Å². The molecule has 2 aromatic carbocycles. The lowest BCUT2D eigenvalue weighted by Crippen LogP contribution is -2.24. The van der Waals surface area contributed by atoms with Gasteiger partial charge in [0.05, 0.1) is 25.7 Å². The zero-order chi connectivity index (χ0) is 15.0. The van der Waals surface area contributed by atoms with Crippen LogP contribution < -0.4 is 9.47 Å². The van der Waals surface area contributed by atoms with Gasteiger partial charge in [0.2, 0.25) is 0 Å². The van der Waals surface area contributed by atoms with E-state index in [2.05, 4.69) is 0 Å². The van der Waals surface area contributed by atoms with E-state index in [4.69, 9.17) is 9.47 Å². The van der Waals surface area contributed by atoms with Crippen molar-refractivity contribution in [2.24, 2.45) is 0 Å². The highest BCUT2D eigenvalue weighted by molar-refractivity contribution is 5.48. The number of benzene rings is 2. The van der Waals surface area contributed by atoms with Crippen molar-refractivity contribution < 1.29 is 24.8 Å². The van der Waals surface area contributed by atoms with Gasteiger partial charge < -0.3 is 24.8 Å². The number of aliphatic hydroxyl groups excluding tert-OH is 1. The van der Waals surface area contributed by atoms with Gasteiger partial charge in [0.1, 0.15) is 23.0 Å². The number of aromatic hydroxyl groups is 2. The van der Waals surface area contributed by atoms with Gasteiger partial charge in [0, 0.05) is 23.3 Å². The molecule has 2 aromatic rings. The molecule has 1 aliphatic rings. The van der Waals surface area contributed by atoms with Gasteiger partial charge in [-0.25, -0.2) is 0 Å². The summed E-state index contributed by atoms with van der Waals surface area (Å²) in [5, 5.41) is 30.1. The molecule has 2 atom stereocenters. The predicted molar refractivity (Wildman–Crippen MR) is 76.0 cm³/mol. The molecule has 0 unspecified atom stereocenters. The monoisotopic (exact) mass is 288 g/mol. The largest absolute Gasteiger partial charge is 0.508 e. The minimum absolute atomic E-state index is 0.0595. The molecule has 110 valence electrons. The lowest BCUT2D eigenvalue weighted by atomic mass is 9.87. The Labute approximate surface area is 122 Å². The molecule has 0 amide bonds. The fraction of sp³-hybridized carbons (Fsp3) is 0.250. The summed E-state index contributed by atoms with van der Waals surface area (Å²) < 4.78 is 10.6. The first-order valence-corrected chi connectivity index (χ1v) is 6.61. The SMILES string of the molecule is COc1ccc([C@@H]2COc3cc(O)ccc3[C@@H]2O)c(O)c1. The molecular weight excluding hydrogens is 272 g/mol. The van der Waals surface area contributed by atoms with Crippen molar-refractivity contribution in [3.8, 4) is 23.0 Å². The molecular formula is C16H16O5. The van der Waals surface area contributed by atoms with Gasteiger partial charge in [-0.1, -0.05) is 6.07 Å². The van der Waals surface area contributed by atoms with Crippen LogP contribution in [-0.4, -0.2) is 29.0 Å². The fourth-order valence-electron chi connectivity index (χ4n) is 2.60. The summed E-state index contributed by atoms with van der Waals surface area (Å²) >= 11 is 0. The minimum atomic E-state index is -0.811. The molecule has 5 heteroatoms. The highest BCUT2D eigenvalue weighted by Gasteiger charge is 2.32. The fourth-order valence-corrected chi connectivity index (χ4v) is 2.60. The van der Waals surface area contributed by atoms with Crippen LogP contribution in [-0.2, 0) is 0 Å². The van der Waals surface area contributed by atoms with Gasteiger partial charge in [-0.15, -0.1) is 0 Å². The van der Waals surface area contributed by atoms with E-state index < -0.39 is 6.10 Å². The minimum Gasteiger partial charge on any atom is -0.508 e. The van der Waals surface area contributed by atoms with E-state index in [0.717, 1.165) is 0 Å². The van der Waals surface area contributed by atoms with E-state index >= 15 is 0 Å². The molecule has 0 aliphatic carbocycles. The second-order valence-corrected chi connectivity index (χ2v) is 5.01. The third-order valence-corrected chi connectivity index (χ3v) is 3.75. The quantitative estimate of drug-likeness (QED) is 0.790. The smallest absolute Gasteiger partial charge is 0.128 e. The van der Waals surface area contributed by atoms with Gasteiger partial charge in [0.15, 0.2) is 0 Å². The van der Waals surface area contributed by atoms with Crippen molar-refractivity contribution in [3.63, 3.8) is 0 Å². The average molecular weight is 288 g/mol. The van der Waals surface area contributed by atoms with Gasteiger partial charge in [0.25, 0.3) is 0 Å². The van der Waals surface area contributed by atoms with Gasteiger partial charge >= 0.3 is 0 Å². The second kappa shape index (κ2) is 5.18. The Morgan fingerprint density at radius 2 is 1.86 bits per heavy atom. The molecule has 21 heavy (non-hydrogen) atoms. The first-order chi connectivity index (χ1) is 10.1. The standard InChI is InChI=1S/C16H16O5/c1-20-10-3-5-11(14(18)7-10)13-8-21-15-6-9(17)2-4-12(15)16(13)19/h2-7,13,16-19H,8H2,1H3/t13-,16-/m0/s1. The molecule has 3 N–H and O–H groups in total. The molecule has 0 saturated carbocycles. The van der Waals surface area contributed by atoms with Crippen LogP contribution in [0.4, 0.5) is 0 Å². The van der Waals surface area contributed by atoms with Crippen molar-refractivity contribution >= 4 is 0 Å². The Hall–Kier alpha value is -2.40. The van der Waals surface area contributed by atoms with E-state index in [1.807, 2.05) is 0 Å². The van der Waals surface area contributed by atoms with Crippen molar-refractivity contribution in [2.75, 3.05) is 13.7 Å². The summed E-state index contributed by atoms with van der Waals surface area (Å²) in [7, 11) is 1.52. The van der Waals surface area contributed by atoms with Crippen molar-refractivity contribution in [3.05, 3.63) is 47.5 Å². The number of rotatable bonds is 2. The molecule has 5 nitrogen and oxygen atoms in total. The number of aliphatic hydroxyl groups is 1. The Balaban J connectivity index is 1.96. The second-order valence-electron chi connectivity index (χ2n) is 5.01. The molecule has 0 bridgehead atoms. The summed E-state index contributed by atoms with van der Waals surface area (Å²) in [5.41, 5.74) is 1.20. The Kier molecular flexibility index (Phi) is 3.35. The highest BCUT2D eigenvalue weighted by Crippen LogP contribution is 2.44. The molecule has 0 spiro atoms. The van der Waals surface area contributed by atoms with Crippen LogP contribution in [0.2, 0.25) is 0 Å². The van der Waals surface area contributed by atoms with Gasteiger partial charge in [-0.3, -0.25) is 0 Å². The number of hydrogen-bond acceptors (Lipinski definition) is 5. The van der Waals surface area contributed by atoms with Crippen LogP contribution >= 0.6 is 0 Å². The van der Waals surface area contributed by atoms with Gasteiger partial charge in [-0.2, -0.15) is 0 Å². The van der Waals surface area contributed by atoms with Crippen LogP contribution in [0, 0.1) is 0 Å². The Morgan fingerprint density at radius 3 is 2.57 bits per heavy atom. The van der Waals surface area contributed by atoms with Crippen LogP contribution in [0.25, 0.3) is 0 Å². The maximum absolute atomic E-state index is 10.5. The Morgan fingerprint density at radius 1 is 1.10 bits per heavy atom. The van der Waals surface area contributed by atoms with E-state index in [-0.39, 0.29) is 24.0 Å². The maximum Gasteiger partial charge on any atom is 0.128 e. The molecule has 0 radical (unpaired) electrons. The van der Waals surface area contributed by atoms with E-state index in [0.29, 0.717) is 22.6 Å². The molecule has 1 aliphatic heterocycles. The highest BCUT2D eigenvalue weighted by atomic mass is 16.5. The third-order valence-electron chi connectivity index (χ3n) is 3.75. The topological polar surface area (TPSA) is 79.2 Å². The third kappa shape index (κ3) is 2.36. The van der Waals surface area contributed by atoms with Gasteiger partial charge in [-0.05, 0) is 18.2 Å². The number of methoxy groups -OCH3 is 1. The normalized spacial score (nSPS) is 20.5. The van der Waals surface area contributed by atoms with Crippen molar-refractivity contribution in [1.29, 1.82) is 0 Å². The van der Waals surface area contributed by atoms with Crippen molar-refractivity contribution in [2.45, 2.75) is 12.0 Å². The molecule has 0 fully saturated rings. The van der Waals surface area contributed by atoms with Crippen LogP contribution in [0.15, 0.2) is 36.4 Å². The van der Waals surface area contributed by atoms with E-state index in [1.54, 1.807) is 18.2 Å².